The van der Waals surface area contributed by atoms with Gasteiger partial charge >= 0.3 is 5.97 Å². The van der Waals surface area contributed by atoms with Gasteiger partial charge in [0.15, 0.2) is 5.75 Å². The molecule has 2 atom stereocenters. The van der Waals surface area contributed by atoms with Crippen LogP contribution in [0.4, 0.5) is 5.69 Å². The Hall–Kier alpha value is -2.63. The largest absolute Gasteiger partial charge is 0.424 e. The molecule has 5 nitrogen and oxygen atoms in total. The highest BCUT2D eigenvalue weighted by atomic mass is 35.5. The maximum Gasteiger partial charge on any atom is 0.315 e. The summed E-state index contributed by atoms with van der Waals surface area (Å²) in [5.41, 5.74) is 0.937. The van der Waals surface area contributed by atoms with Crippen LogP contribution >= 0.6 is 23.2 Å². The van der Waals surface area contributed by atoms with Crippen LogP contribution in [0.5, 0.6) is 5.75 Å². The second kappa shape index (κ2) is 8.01. The third-order valence-corrected chi connectivity index (χ3v) is 5.64. The summed E-state index contributed by atoms with van der Waals surface area (Å²) in [6.45, 7) is 0. The molecule has 2 unspecified atom stereocenters. The lowest BCUT2D eigenvalue weighted by molar-refractivity contribution is -0.133. The van der Waals surface area contributed by atoms with Gasteiger partial charge in [0.25, 0.3) is 0 Å². The van der Waals surface area contributed by atoms with E-state index in [0.717, 1.165) is 10.5 Å². The van der Waals surface area contributed by atoms with Gasteiger partial charge in [0.2, 0.25) is 11.8 Å². The predicted octanol–water partition coefficient (Wildman–Crippen LogP) is 4.60. The minimum Gasteiger partial charge on any atom is -0.424 e. The first kappa shape index (κ1) is 19.7. The molecule has 1 saturated heterocycles. The van der Waals surface area contributed by atoms with Crippen molar-refractivity contribution >= 4 is 46.7 Å². The lowest BCUT2D eigenvalue weighted by Gasteiger charge is -2.19. The number of fused-ring (bicyclic) bond motifs is 1. The monoisotopic (exact) mass is 429 g/mol. The fourth-order valence-corrected chi connectivity index (χ4v) is 4.01. The normalized spacial score (nSPS) is 20.7. The summed E-state index contributed by atoms with van der Waals surface area (Å²) in [4.78, 5) is 39.4. The summed E-state index contributed by atoms with van der Waals surface area (Å²) in [7, 11) is 0. The van der Waals surface area contributed by atoms with Gasteiger partial charge in [0.1, 0.15) is 0 Å². The quantitative estimate of drug-likeness (QED) is 0.308. The Labute approximate surface area is 177 Å². The summed E-state index contributed by atoms with van der Waals surface area (Å²) in [6, 6.07) is 11.4. The van der Waals surface area contributed by atoms with E-state index in [1.807, 2.05) is 12.2 Å². The van der Waals surface area contributed by atoms with Crippen LogP contribution in [0.3, 0.4) is 0 Å². The fourth-order valence-electron chi connectivity index (χ4n) is 3.72. The molecule has 0 spiro atoms. The third-order valence-electron chi connectivity index (χ3n) is 5.15. The number of ether oxygens (including phenoxy) is 1. The van der Waals surface area contributed by atoms with Crippen LogP contribution in [0.15, 0.2) is 54.6 Å². The Morgan fingerprint density at radius 2 is 1.52 bits per heavy atom. The summed E-state index contributed by atoms with van der Waals surface area (Å²) in [5, 5.41) is 0.912. The molecule has 2 aliphatic rings. The van der Waals surface area contributed by atoms with E-state index in [0.29, 0.717) is 22.9 Å². The lowest BCUT2D eigenvalue weighted by Crippen LogP contribution is -2.31. The number of hydrogen-bond donors (Lipinski definition) is 0. The molecular weight excluding hydrogens is 413 g/mol. The molecule has 1 aliphatic carbocycles. The number of imide groups is 1. The topological polar surface area (TPSA) is 63.7 Å². The van der Waals surface area contributed by atoms with E-state index < -0.39 is 5.97 Å². The van der Waals surface area contributed by atoms with Crippen molar-refractivity contribution in [2.75, 3.05) is 4.90 Å². The Bertz CT molecular complexity index is 990. The van der Waals surface area contributed by atoms with Gasteiger partial charge in [-0.25, -0.2) is 4.90 Å². The van der Waals surface area contributed by atoms with Crippen molar-refractivity contribution in [2.45, 2.75) is 19.3 Å². The van der Waals surface area contributed by atoms with Crippen molar-refractivity contribution in [2.24, 2.45) is 11.8 Å². The number of hydrogen-bond acceptors (Lipinski definition) is 4. The average Bonchev–Trinajstić information content (AvgIpc) is 2.96. The lowest BCUT2D eigenvalue weighted by atomic mass is 9.85. The van der Waals surface area contributed by atoms with Crippen LogP contribution in [0.25, 0.3) is 0 Å². The van der Waals surface area contributed by atoms with E-state index in [4.69, 9.17) is 27.9 Å². The molecule has 148 valence electrons. The van der Waals surface area contributed by atoms with Gasteiger partial charge in [-0.15, -0.1) is 0 Å². The number of nitrogens with zero attached hydrogens (tertiary/aromatic N) is 1. The Morgan fingerprint density at radius 3 is 2.14 bits per heavy atom. The second-order valence-corrected chi connectivity index (χ2v) is 7.93. The molecule has 1 aliphatic heterocycles. The summed E-state index contributed by atoms with van der Waals surface area (Å²) >= 11 is 12.0. The van der Waals surface area contributed by atoms with E-state index in [2.05, 4.69) is 0 Å². The van der Waals surface area contributed by atoms with Crippen molar-refractivity contribution in [1.82, 2.24) is 0 Å². The number of esters is 1. The van der Waals surface area contributed by atoms with Gasteiger partial charge in [-0.3, -0.25) is 14.4 Å². The highest BCUT2D eigenvalue weighted by Crippen LogP contribution is 2.41. The van der Waals surface area contributed by atoms with Gasteiger partial charge in [-0.05, 0) is 48.7 Å². The minimum absolute atomic E-state index is 0.0241. The maximum absolute atomic E-state index is 12.9. The van der Waals surface area contributed by atoms with Crippen LogP contribution in [0.2, 0.25) is 10.0 Å². The van der Waals surface area contributed by atoms with Crippen molar-refractivity contribution < 1.29 is 19.1 Å². The second-order valence-electron chi connectivity index (χ2n) is 7.06. The number of carbonyl (C=O) groups is 3. The molecule has 4 rings (SSSR count). The smallest absolute Gasteiger partial charge is 0.315 e. The van der Waals surface area contributed by atoms with Crippen LogP contribution in [0.1, 0.15) is 18.4 Å². The van der Waals surface area contributed by atoms with Crippen molar-refractivity contribution in [3.8, 4) is 5.75 Å². The average molecular weight is 430 g/mol. The minimum atomic E-state index is -0.519. The van der Waals surface area contributed by atoms with Gasteiger partial charge in [0.05, 0.1) is 23.9 Å². The van der Waals surface area contributed by atoms with Gasteiger partial charge in [0, 0.05) is 10.0 Å². The van der Waals surface area contributed by atoms with Crippen molar-refractivity contribution in [3.05, 3.63) is 70.2 Å². The molecule has 0 bridgehead atoms. The first-order valence-electron chi connectivity index (χ1n) is 9.21. The van der Waals surface area contributed by atoms with E-state index in [9.17, 15) is 14.4 Å². The number of carbonyl (C=O) groups excluding carboxylic acids is 3. The Balaban J connectivity index is 1.59. The molecule has 1 fully saturated rings. The maximum atomic E-state index is 12.9. The standard InChI is InChI=1S/C22H17Cl2NO4/c23-14-7-5-13(6-8-14)11-20(26)29-19-10-9-15(24)12-18(19)25-21(27)16-3-1-2-4-17(16)22(25)28/h1-2,5-10,12,16-17H,3-4,11H2. The van der Waals surface area contributed by atoms with Gasteiger partial charge < -0.3 is 4.74 Å². The van der Waals surface area contributed by atoms with E-state index in [1.54, 1.807) is 30.3 Å². The number of anilines is 1. The molecule has 29 heavy (non-hydrogen) atoms. The predicted molar refractivity (Wildman–Crippen MR) is 110 cm³/mol. The molecule has 2 amide bonds. The number of halogens is 2. The number of allylic oxidation sites excluding steroid dienone is 2. The highest BCUT2D eigenvalue weighted by Gasteiger charge is 2.48. The molecular formula is C22H17Cl2NO4. The number of amides is 2. The Morgan fingerprint density at radius 1 is 0.931 bits per heavy atom. The zero-order chi connectivity index (χ0) is 20.5. The van der Waals surface area contributed by atoms with Crippen LogP contribution in [-0.4, -0.2) is 17.8 Å². The summed E-state index contributed by atoms with van der Waals surface area (Å²) in [5.74, 6) is -1.74. The third kappa shape index (κ3) is 3.93. The van der Waals surface area contributed by atoms with E-state index >= 15 is 0 Å². The SMILES string of the molecule is O=C(Cc1ccc(Cl)cc1)Oc1ccc(Cl)cc1N1C(=O)C2CC=CCC2C1=O. The summed E-state index contributed by atoms with van der Waals surface area (Å²) < 4.78 is 5.50. The molecule has 0 aromatic heterocycles. The van der Waals surface area contributed by atoms with E-state index in [-0.39, 0.29) is 41.5 Å². The molecule has 0 N–H and O–H groups in total. The van der Waals surface area contributed by atoms with Gasteiger partial charge in [-0.2, -0.15) is 0 Å². The molecule has 0 radical (unpaired) electrons. The fraction of sp³-hybridized carbons (Fsp3) is 0.227. The van der Waals surface area contributed by atoms with Crippen molar-refractivity contribution in [1.29, 1.82) is 0 Å². The summed E-state index contributed by atoms with van der Waals surface area (Å²) in [6.07, 6.45) is 4.91. The highest BCUT2D eigenvalue weighted by molar-refractivity contribution is 6.31. The molecule has 7 heteroatoms. The molecule has 2 aromatic carbocycles. The first-order valence-corrected chi connectivity index (χ1v) is 9.97. The number of benzene rings is 2. The van der Waals surface area contributed by atoms with Crippen LogP contribution < -0.4 is 9.64 Å². The first-order chi connectivity index (χ1) is 13.9. The number of rotatable bonds is 4. The zero-order valence-electron chi connectivity index (χ0n) is 15.3. The molecule has 1 heterocycles. The zero-order valence-corrected chi connectivity index (χ0v) is 16.8. The van der Waals surface area contributed by atoms with Crippen molar-refractivity contribution in [3.63, 3.8) is 0 Å². The Kier molecular flexibility index (Phi) is 5.43. The van der Waals surface area contributed by atoms with Crippen LogP contribution in [0, 0.1) is 11.8 Å². The molecule has 2 aromatic rings. The van der Waals surface area contributed by atoms with E-state index in [1.165, 1.54) is 12.1 Å². The van der Waals surface area contributed by atoms with Crippen LogP contribution in [-0.2, 0) is 20.8 Å². The molecule has 0 saturated carbocycles. The van der Waals surface area contributed by atoms with Gasteiger partial charge in [-0.1, -0.05) is 47.5 Å².